The van der Waals surface area contributed by atoms with E-state index in [0.717, 1.165) is 0 Å². The molecule has 0 aliphatic carbocycles. The third kappa shape index (κ3) is 3.92. The van der Waals surface area contributed by atoms with Crippen molar-refractivity contribution in [1.82, 2.24) is 5.43 Å². The lowest BCUT2D eigenvalue weighted by Gasteiger charge is -2.11. The fraction of sp³-hybridized carbons (Fsp3) is 0.364. The molecule has 1 aromatic rings. The zero-order valence-corrected chi connectivity index (χ0v) is 10.1. The van der Waals surface area contributed by atoms with Gasteiger partial charge >= 0.3 is 0 Å². The van der Waals surface area contributed by atoms with Gasteiger partial charge < -0.3 is 10.1 Å². The van der Waals surface area contributed by atoms with Crippen LogP contribution in [0.15, 0.2) is 23.2 Å². The lowest BCUT2D eigenvalue weighted by atomic mass is 10.3. The van der Waals surface area contributed by atoms with Crippen molar-refractivity contribution in [1.29, 1.82) is 0 Å². The van der Waals surface area contributed by atoms with Gasteiger partial charge in [-0.1, -0.05) is 0 Å². The molecule has 1 rings (SSSR count). The first kappa shape index (κ1) is 13.2. The molecule has 0 heterocycles. The van der Waals surface area contributed by atoms with Crippen LogP contribution in [0.3, 0.4) is 0 Å². The van der Waals surface area contributed by atoms with Gasteiger partial charge in [-0.3, -0.25) is 5.43 Å². The van der Waals surface area contributed by atoms with E-state index in [0.29, 0.717) is 11.6 Å². The second kappa shape index (κ2) is 6.05. The number of methoxy groups -OCH3 is 1. The van der Waals surface area contributed by atoms with E-state index in [1.165, 1.54) is 19.2 Å². The van der Waals surface area contributed by atoms with E-state index in [2.05, 4.69) is 15.7 Å². The van der Waals surface area contributed by atoms with Gasteiger partial charge in [-0.2, -0.15) is 0 Å². The smallest absolute Gasteiger partial charge is 0.210 e. The maximum atomic E-state index is 13.2. The van der Waals surface area contributed by atoms with Crippen LogP contribution < -0.4 is 21.3 Å². The number of hydrogen-bond donors (Lipinski definition) is 3. The quantitative estimate of drug-likeness (QED) is 0.324. The highest BCUT2D eigenvalue weighted by atomic mass is 19.1. The number of nitrogens with zero attached hydrogens (tertiary/aromatic N) is 1. The molecule has 0 atom stereocenters. The van der Waals surface area contributed by atoms with Gasteiger partial charge in [0.05, 0.1) is 7.11 Å². The second-order valence-corrected chi connectivity index (χ2v) is 3.69. The fourth-order valence-electron chi connectivity index (χ4n) is 1.24. The number of ether oxygens (including phenoxy) is 1. The molecule has 0 aliphatic rings. The first-order chi connectivity index (χ1) is 8.06. The van der Waals surface area contributed by atoms with Crippen LogP contribution in [-0.2, 0) is 0 Å². The van der Waals surface area contributed by atoms with Gasteiger partial charge in [-0.15, -0.1) is 0 Å². The summed E-state index contributed by atoms with van der Waals surface area (Å²) in [4.78, 5) is 4.20. The summed E-state index contributed by atoms with van der Waals surface area (Å²) in [5, 5.41) is 2.93. The number of aliphatic imine (C=N–C) groups is 1. The molecule has 0 radical (unpaired) electrons. The Hall–Kier alpha value is -1.82. The fourth-order valence-corrected chi connectivity index (χ4v) is 1.24. The average molecular weight is 240 g/mol. The molecule has 0 saturated heterocycles. The van der Waals surface area contributed by atoms with E-state index in [1.807, 2.05) is 13.8 Å². The highest BCUT2D eigenvalue weighted by Crippen LogP contribution is 2.21. The molecule has 5 nitrogen and oxygen atoms in total. The van der Waals surface area contributed by atoms with Crippen molar-refractivity contribution in [3.8, 4) is 5.75 Å². The van der Waals surface area contributed by atoms with Crippen molar-refractivity contribution in [3.05, 3.63) is 24.0 Å². The van der Waals surface area contributed by atoms with Crippen LogP contribution >= 0.6 is 0 Å². The molecule has 17 heavy (non-hydrogen) atoms. The van der Waals surface area contributed by atoms with E-state index in [-0.39, 0.29) is 11.8 Å². The van der Waals surface area contributed by atoms with Crippen molar-refractivity contribution in [2.75, 3.05) is 12.4 Å². The monoisotopic (exact) mass is 240 g/mol. The van der Waals surface area contributed by atoms with Crippen molar-refractivity contribution in [2.24, 2.45) is 10.8 Å². The topological polar surface area (TPSA) is 71.7 Å². The van der Waals surface area contributed by atoms with E-state index >= 15 is 0 Å². The minimum Gasteiger partial charge on any atom is -0.494 e. The van der Waals surface area contributed by atoms with Crippen LogP contribution in [0, 0.1) is 5.82 Å². The Labute approximate surface area is 99.8 Å². The van der Waals surface area contributed by atoms with Crippen LogP contribution in [0.1, 0.15) is 13.8 Å². The number of guanidine groups is 1. The molecule has 6 heteroatoms. The highest BCUT2D eigenvalue weighted by molar-refractivity contribution is 5.93. The molecule has 0 fully saturated rings. The number of halogens is 1. The van der Waals surface area contributed by atoms with Crippen molar-refractivity contribution < 1.29 is 9.13 Å². The first-order valence-corrected chi connectivity index (χ1v) is 5.21. The summed E-state index contributed by atoms with van der Waals surface area (Å²) in [6, 6.07) is 4.51. The third-order valence-electron chi connectivity index (χ3n) is 1.94. The molecule has 0 aromatic heterocycles. The SMILES string of the molecule is COc1cc(NC(=NC(C)C)NN)ccc1F. The predicted molar refractivity (Wildman–Crippen MR) is 66.5 cm³/mol. The lowest BCUT2D eigenvalue weighted by molar-refractivity contribution is 0.387. The Morgan fingerprint density at radius 3 is 2.71 bits per heavy atom. The van der Waals surface area contributed by atoms with Crippen molar-refractivity contribution >= 4 is 11.6 Å². The number of anilines is 1. The molecule has 0 spiro atoms. The molecule has 0 saturated carbocycles. The molecule has 0 aliphatic heterocycles. The summed E-state index contributed by atoms with van der Waals surface area (Å²) in [5.74, 6) is 5.48. The summed E-state index contributed by atoms with van der Waals surface area (Å²) in [6.45, 7) is 3.84. The third-order valence-corrected chi connectivity index (χ3v) is 1.94. The molecule has 94 valence electrons. The number of hydrazine groups is 1. The summed E-state index contributed by atoms with van der Waals surface area (Å²) >= 11 is 0. The van der Waals surface area contributed by atoms with Gasteiger partial charge in [0.1, 0.15) is 0 Å². The normalized spacial score (nSPS) is 11.5. The summed E-state index contributed by atoms with van der Waals surface area (Å²) in [7, 11) is 1.41. The molecule has 0 unspecified atom stereocenters. The van der Waals surface area contributed by atoms with Gasteiger partial charge in [0, 0.05) is 17.8 Å². The summed E-state index contributed by atoms with van der Waals surface area (Å²) in [6.07, 6.45) is 0. The van der Waals surface area contributed by atoms with Crippen molar-refractivity contribution in [2.45, 2.75) is 19.9 Å². The minimum atomic E-state index is -0.416. The van der Waals surface area contributed by atoms with E-state index in [9.17, 15) is 4.39 Å². The standard InChI is InChI=1S/C11H17FN4O/c1-7(2)14-11(16-13)15-8-4-5-9(12)10(6-8)17-3/h4-7H,13H2,1-3H3,(H2,14,15,16). The Morgan fingerprint density at radius 1 is 1.47 bits per heavy atom. The Balaban J connectivity index is 2.87. The Kier molecular flexibility index (Phi) is 4.71. The maximum Gasteiger partial charge on any atom is 0.210 e. The zero-order valence-electron chi connectivity index (χ0n) is 10.1. The van der Waals surface area contributed by atoms with Crippen LogP contribution in [0.5, 0.6) is 5.75 Å². The van der Waals surface area contributed by atoms with Gasteiger partial charge in [0.2, 0.25) is 5.96 Å². The number of hydrogen-bond acceptors (Lipinski definition) is 3. The number of nitrogens with one attached hydrogen (secondary N) is 2. The van der Waals surface area contributed by atoms with Crippen LogP contribution in [-0.4, -0.2) is 19.1 Å². The zero-order chi connectivity index (χ0) is 12.8. The molecule has 4 N–H and O–H groups in total. The minimum absolute atomic E-state index is 0.0934. The second-order valence-electron chi connectivity index (χ2n) is 3.69. The van der Waals surface area contributed by atoms with Crippen LogP contribution in [0.2, 0.25) is 0 Å². The van der Waals surface area contributed by atoms with E-state index in [4.69, 9.17) is 10.6 Å². The summed E-state index contributed by atoms with van der Waals surface area (Å²) in [5.41, 5.74) is 3.08. The first-order valence-electron chi connectivity index (χ1n) is 5.21. The Bertz CT molecular complexity index is 406. The molecule has 1 aromatic carbocycles. The van der Waals surface area contributed by atoms with Crippen LogP contribution in [0.4, 0.5) is 10.1 Å². The number of benzene rings is 1. The average Bonchev–Trinajstić information content (AvgIpc) is 2.30. The lowest BCUT2D eigenvalue weighted by Crippen LogP contribution is -2.36. The highest BCUT2D eigenvalue weighted by Gasteiger charge is 2.05. The van der Waals surface area contributed by atoms with E-state index in [1.54, 1.807) is 6.07 Å². The molecular formula is C11H17FN4O. The molecular weight excluding hydrogens is 223 g/mol. The van der Waals surface area contributed by atoms with Gasteiger partial charge in [0.25, 0.3) is 0 Å². The molecule has 0 bridgehead atoms. The van der Waals surface area contributed by atoms with Gasteiger partial charge in [-0.25, -0.2) is 15.2 Å². The number of rotatable bonds is 3. The van der Waals surface area contributed by atoms with Gasteiger partial charge in [-0.05, 0) is 26.0 Å². The largest absolute Gasteiger partial charge is 0.494 e. The van der Waals surface area contributed by atoms with Gasteiger partial charge in [0.15, 0.2) is 11.6 Å². The number of nitrogens with two attached hydrogens (primary N) is 1. The van der Waals surface area contributed by atoms with Crippen molar-refractivity contribution in [3.63, 3.8) is 0 Å². The van der Waals surface area contributed by atoms with Crippen LogP contribution in [0.25, 0.3) is 0 Å². The van der Waals surface area contributed by atoms with E-state index < -0.39 is 5.82 Å². The summed E-state index contributed by atoms with van der Waals surface area (Å²) < 4.78 is 18.1. The maximum absolute atomic E-state index is 13.2. The molecule has 0 amide bonds. The predicted octanol–water partition coefficient (Wildman–Crippen LogP) is 1.47. The Morgan fingerprint density at radius 2 is 2.18 bits per heavy atom.